The van der Waals surface area contributed by atoms with Gasteiger partial charge in [-0.05, 0) is 42.3 Å². The third-order valence-corrected chi connectivity index (χ3v) is 8.83. The second-order valence-electron chi connectivity index (χ2n) is 11.5. The van der Waals surface area contributed by atoms with Gasteiger partial charge in [-0.15, -0.1) is 0 Å². The van der Waals surface area contributed by atoms with Crippen LogP contribution in [0.1, 0.15) is 49.2 Å². The molecule has 3 heterocycles. The first-order chi connectivity index (χ1) is 18.1. The lowest BCUT2D eigenvalue weighted by molar-refractivity contribution is -0.128. The van der Waals surface area contributed by atoms with Gasteiger partial charge in [0.1, 0.15) is 11.5 Å². The van der Waals surface area contributed by atoms with Gasteiger partial charge in [-0.2, -0.15) is 0 Å². The second-order valence-corrected chi connectivity index (χ2v) is 12.4. The van der Waals surface area contributed by atoms with E-state index in [1.165, 1.54) is 0 Å². The Kier molecular flexibility index (Phi) is 5.55. The number of hydrogen-bond acceptors (Lipinski definition) is 4. The Bertz CT molecular complexity index is 1530. The number of carbonyl (C=O) groups excluding carboxylic acids is 3. The molecule has 3 aliphatic heterocycles. The van der Waals surface area contributed by atoms with Gasteiger partial charge in [0.25, 0.3) is 0 Å². The molecule has 0 bridgehead atoms. The Labute approximate surface area is 231 Å². The van der Waals surface area contributed by atoms with Crippen LogP contribution >= 0.6 is 15.9 Å². The van der Waals surface area contributed by atoms with Crippen molar-refractivity contribution in [1.29, 1.82) is 0 Å². The SMILES string of the molecule is CC1=C[C@@H]2N(c3ccccc31)[C@H](C(=O)C(C)(C)C)[C@@H](C(=O)c1ccc(Br)cc1)[C@]21C(=O)Nc2ccccc21. The van der Waals surface area contributed by atoms with Crippen molar-refractivity contribution in [2.75, 3.05) is 10.2 Å². The minimum Gasteiger partial charge on any atom is -0.352 e. The molecule has 192 valence electrons. The highest BCUT2D eigenvalue weighted by molar-refractivity contribution is 9.10. The van der Waals surface area contributed by atoms with Gasteiger partial charge < -0.3 is 10.2 Å². The van der Waals surface area contributed by atoms with E-state index >= 15 is 0 Å². The Balaban J connectivity index is 1.70. The molecule has 3 aromatic rings. The Morgan fingerprint density at radius 3 is 2.32 bits per heavy atom. The van der Waals surface area contributed by atoms with Gasteiger partial charge >= 0.3 is 0 Å². The summed E-state index contributed by atoms with van der Waals surface area (Å²) in [5, 5.41) is 3.08. The van der Waals surface area contributed by atoms with Crippen LogP contribution in [0.15, 0.2) is 83.3 Å². The van der Waals surface area contributed by atoms with Crippen LogP contribution in [0.5, 0.6) is 0 Å². The number of ketones is 2. The second kappa shape index (κ2) is 8.50. The van der Waals surface area contributed by atoms with E-state index in [0.29, 0.717) is 11.3 Å². The Morgan fingerprint density at radius 2 is 1.61 bits per heavy atom. The molecule has 4 atom stereocenters. The standard InChI is InChI=1S/C32H29BrN2O3/c1-18-17-25-32(22-10-6-7-11-23(22)34-30(32)38)26(28(36)19-13-15-20(33)16-14-19)27(29(37)31(2,3)4)35(25)24-12-8-5-9-21(18)24/h5-17,25-27H,1-4H3,(H,34,38)/t25-,26-,27-,32+/m0/s1. The first-order valence-electron chi connectivity index (χ1n) is 12.9. The molecule has 6 heteroatoms. The van der Waals surface area contributed by atoms with Crippen LogP contribution in [0.2, 0.25) is 0 Å². The van der Waals surface area contributed by atoms with Gasteiger partial charge in [0.15, 0.2) is 11.6 Å². The van der Waals surface area contributed by atoms with Crippen molar-refractivity contribution in [3.63, 3.8) is 0 Å². The molecule has 1 fully saturated rings. The van der Waals surface area contributed by atoms with Crippen LogP contribution in [0.25, 0.3) is 5.57 Å². The van der Waals surface area contributed by atoms with Crippen molar-refractivity contribution in [3.8, 4) is 0 Å². The number of rotatable bonds is 3. The zero-order valence-electron chi connectivity index (χ0n) is 21.8. The Morgan fingerprint density at radius 1 is 0.947 bits per heavy atom. The molecule has 38 heavy (non-hydrogen) atoms. The Hall–Kier alpha value is -3.51. The summed E-state index contributed by atoms with van der Waals surface area (Å²) in [5.41, 5.74) is 2.84. The van der Waals surface area contributed by atoms with Crippen molar-refractivity contribution in [1.82, 2.24) is 0 Å². The highest BCUT2D eigenvalue weighted by Gasteiger charge is 2.71. The lowest BCUT2D eigenvalue weighted by Gasteiger charge is -2.39. The summed E-state index contributed by atoms with van der Waals surface area (Å²) in [6.45, 7) is 7.69. The zero-order chi connectivity index (χ0) is 27.0. The predicted molar refractivity (Wildman–Crippen MR) is 153 cm³/mol. The summed E-state index contributed by atoms with van der Waals surface area (Å²) in [4.78, 5) is 45.5. The fourth-order valence-corrected chi connectivity index (χ4v) is 6.89. The summed E-state index contributed by atoms with van der Waals surface area (Å²) in [7, 11) is 0. The van der Waals surface area contributed by atoms with E-state index in [9.17, 15) is 14.4 Å². The van der Waals surface area contributed by atoms with Crippen LogP contribution in [-0.4, -0.2) is 29.6 Å². The van der Waals surface area contributed by atoms with Crippen molar-refractivity contribution >= 4 is 50.4 Å². The number of amides is 1. The van der Waals surface area contributed by atoms with Crippen LogP contribution < -0.4 is 10.2 Å². The third-order valence-electron chi connectivity index (χ3n) is 8.30. The molecule has 0 saturated carbocycles. The van der Waals surface area contributed by atoms with Crippen molar-refractivity contribution in [2.24, 2.45) is 11.3 Å². The minimum absolute atomic E-state index is 0.0604. The number of nitrogens with one attached hydrogen (secondary N) is 1. The molecule has 3 aliphatic rings. The van der Waals surface area contributed by atoms with Gasteiger partial charge in [0.05, 0.1) is 12.0 Å². The first-order valence-corrected chi connectivity index (χ1v) is 13.7. The normalized spacial score (nSPS) is 25.4. The van der Waals surface area contributed by atoms with Gasteiger partial charge in [0, 0.05) is 32.4 Å². The molecular weight excluding hydrogens is 540 g/mol. The topological polar surface area (TPSA) is 66.5 Å². The number of fused-ring (bicyclic) bond motifs is 6. The zero-order valence-corrected chi connectivity index (χ0v) is 23.4. The first kappa shape index (κ1) is 24.8. The smallest absolute Gasteiger partial charge is 0.238 e. The predicted octanol–water partition coefficient (Wildman–Crippen LogP) is 6.43. The summed E-state index contributed by atoms with van der Waals surface area (Å²) < 4.78 is 0.853. The average molecular weight is 569 g/mol. The fourth-order valence-electron chi connectivity index (χ4n) is 6.62. The minimum atomic E-state index is -1.28. The number of carbonyl (C=O) groups is 3. The number of anilines is 2. The van der Waals surface area contributed by atoms with Gasteiger partial charge in [-0.3, -0.25) is 14.4 Å². The molecule has 1 N–H and O–H groups in total. The molecule has 0 aliphatic carbocycles. The van der Waals surface area contributed by atoms with Crippen molar-refractivity contribution < 1.29 is 14.4 Å². The molecule has 6 rings (SSSR count). The number of para-hydroxylation sites is 2. The molecule has 1 amide bonds. The molecule has 0 unspecified atom stereocenters. The lowest BCUT2D eigenvalue weighted by Crippen LogP contribution is -2.51. The van der Waals surface area contributed by atoms with E-state index in [1.54, 1.807) is 12.1 Å². The monoisotopic (exact) mass is 568 g/mol. The molecule has 0 aromatic heterocycles. The van der Waals surface area contributed by atoms with Gasteiger partial charge in [0.2, 0.25) is 5.91 Å². The average Bonchev–Trinajstić information content (AvgIpc) is 3.36. The summed E-state index contributed by atoms with van der Waals surface area (Å²) in [6.07, 6.45) is 2.09. The quantitative estimate of drug-likeness (QED) is 0.370. The molecule has 5 nitrogen and oxygen atoms in total. The summed E-state index contributed by atoms with van der Waals surface area (Å²) in [5.74, 6) is -1.43. The maximum absolute atomic E-state index is 14.7. The number of benzene rings is 3. The van der Waals surface area contributed by atoms with Gasteiger partial charge in [-0.1, -0.05) is 91.3 Å². The largest absolute Gasteiger partial charge is 0.352 e. The van der Waals surface area contributed by atoms with Crippen LogP contribution in [0, 0.1) is 11.3 Å². The highest BCUT2D eigenvalue weighted by Crippen LogP contribution is 2.59. The van der Waals surface area contributed by atoms with Crippen LogP contribution in [-0.2, 0) is 15.0 Å². The van der Waals surface area contributed by atoms with E-state index in [4.69, 9.17) is 0 Å². The number of Topliss-reactive ketones (excluding diaryl/α,β-unsaturated/α-hetero) is 2. The molecular formula is C32H29BrN2O3. The molecule has 0 radical (unpaired) electrons. The van der Waals surface area contributed by atoms with Crippen LogP contribution in [0.3, 0.4) is 0 Å². The van der Waals surface area contributed by atoms with E-state index in [0.717, 1.165) is 26.9 Å². The maximum Gasteiger partial charge on any atom is 0.238 e. The number of nitrogens with zero attached hydrogens (tertiary/aromatic N) is 1. The summed E-state index contributed by atoms with van der Waals surface area (Å²) >= 11 is 3.46. The van der Waals surface area contributed by atoms with E-state index < -0.39 is 28.8 Å². The third kappa shape index (κ3) is 3.32. The fraction of sp³-hybridized carbons (Fsp3) is 0.281. The molecule has 3 aromatic carbocycles. The van der Waals surface area contributed by atoms with Crippen molar-refractivity contribution in [3.05, 3.63) is 100 Å². The summed E-state index contributed by atoms with van der Waals surface area (Å²) in [6, 6.07) is 21.4. The lowest BCUT2D eigenvalue weighted by atomic mass is 9.63. The maximum atomic E-state index is 14.7. The number of halogens is 1. The molecule has 1 spiro atoms. The van der Waals surface area contributed by atoms with Gasteiger partial charge in [-0.25, -0.2) is 0 Å². The highest BCUT2D eigenvalue weighted by atomic mass is 79.9. The van der Waals surface area contributed by atoms with Crippen LogP contribution in [0.4, 0.5) is 11.4 Å². The van der Waals surface area contributed by atoms with E-state index in [1.807, 2.05) is 88.4 Å². The van der Waals surface area contributed by atoms with E-state index in [-0.39, 0.29) is 17.5 Å². The van der Waals surface area contributed by atoms with Crippen molar-refractivity contribution in [2.45, 2.75) is 45.2 Å². The molecule has 1 saturated heterocycles. The number of allylic oxidation sites excluding steroid dienone is 1. The number of hydrogen-bond donors (Lipinski definition) is 1. The van der Waals surface area contributed by atoms with E-state index in [2.05, 4.69) is 32.2 Å².